The van der Waals surface area contributed by atoms with E-state index in [0.717, 1.165) is 16.9 Å². The normalized spacial score (nSPS) is 14.7. The molecular weight excluding hydrogens is 254 g/mol. The molecule has 2 atom stereocenters. The lowest BCUT2D eigenvalue weighted by atomic mass is 10.1. The summed E-state index contributed by atoms with van der Waals surface area (Å²) in [6.45, 7) is 3.88. The summed E-state index contributed by atoms with van der Waals surface area (Å²) >= 11 is 0. The molecule has 1 aromatic carbocycles. The number of para-hydroxylation sites is 2. The van der Waals surface area contributed by atoms with Crippen LogP contribution in [0.15, 0.2) is 24.3 Å². The molecule has 0 aliphatic heterocycles. The Kier molecular flexibility index (Phi) is 4.09. The van der Waals surface area contributed by atoms with Crippen molar-refractivity contribution in [3.63, 3.8) is 0 Å². The molecular formula is C15H21N3O2. The number of hydrogen-bond acceptors (Lipinski definition) is 3. The zero-order valence-corrected chi connectivity index (χ0v) is 12.4. The largest absolute Gasteiger partial charge is 0.480 e. The van der Waals surface area contributed by atoms with Gasteiger partial charge in [-0.3, -0.25) is 9.69 Å². The monoisotopic (exact) mass is 275 g/mol. The lowest BCUT2D eigenvalue weighted by Gasteiger charge is -2.29. The lowest BCUT2D eigenvalue weighted by molar-refractivity contribution is -0.143. The van der Waals surface area contributed by atoms with Gasteiger partial charge in [-0.05, 0) is 32.5 Å². The Balaban J connectivity index is 2.38. The zero-order valence-electron chi connectivity index (χ0n) is 12.4. The number of hydrogen-bond donors (Lipinski definition) is 1. The van der Waals surface area contributed by atoms with Gasteiger partial charge in [-0.1, -0.05) is 19.1 Å². The van der Waals surface area contributed by atoms with Crippen molar-refractivity contribution in [2.45, 2.75) is 32.4 Å². The molecule has 0 radical (unpaired) electrons. The third-order valence-electron chi connectivity index (χ3n) is 3.97. The van der Waals surface area contributed by atoms with E-state index in [0.29, 0.717) is 6.42 Å². The Hall–Kier alpha value is -1.88. The first-order valence-corrected chi connectivity index (χ1v) is 6.83. The molecule has 1 heterocycles. The van der Waals surface area contributed by atoms with Crippen molar-refractivity contribution in [2.24, 2.45) is 7.05 Å². The van der Waals surface area contributed by atoms with Gasteiger partial charge >= 0.3 is 5.97 Å². The van der Waals surface area contributed by atoms with Gasteiger partial charge in [0.2, 0.25) is 0 Å². The maximum Gasteiger partial charge on any atom is 0.320 e. The second-order valence-electron chi connectivity index (χ2n) is 5.12. The van der Waals surface area contributed by atoms with Crippen molar-refractivity contribution in [3.8, 4) is 0 Å². The molecule has 0 saturated heterocycles. The van der Waals surface area contributed by atoms with Crippen molar-refractivity contribution in [2.75, 3.05) is 7.05 Å². The number of aryl methyl sites for hydroxylation is 1. The van der Waals surface area contributed by atoms with Crippen LogP contribution in [0.1, 0.15) is 32.1 Å². The molecule has 0 saturated carbocycles. The number of carbonyl (C=O) groups is 1. The maximum atomic E-state index is 11.3. The van der Waals surface area contributed by atoms with Crippen molar-refractivity contribution < 1.29 is 9.90 Å². The number of nitrogens with zero attached hydrogens (tertiary/aromatic N) is 3. The third kappa shape index (κ3) is 2.41. The summed E-state index contributed by atoms with van der Waals surface area (Å²) in [6.07, 6.45) is 0.570. The Bertz CT molecular complexity index is 621. The average molecular weight is 275 g/mol. The van der Waals surface area contributed by atoms with Gasteiger partial charge in [-0.25, -0.2) is 4.98 Å². The summed E-state index contributed by atoms with van der Waals surface area (Å²) in [7, 11) is 3.81. The second kappa shape index (κ2) is 5.63. The average Bonchev–Trinajstić information content (AvgIpc) is 2.76. The number of carboxylic acid groups (broad SMARTS) is 1. The number of aromatic nitrogens is 2. The Morgan fingerprint density at radius 3 is 2.65 bits per heavy atom. The van der Waals surface area contributed by atoms with E-state index in [-0.39, 0.29) is 6.04 Å². The van der Waals surface area contributed by atoms with Gasteiger partial charge in [0.05, 0.1) is 17.1 Å². The number of likely N-dealkylation sites (N-methyl/N-ethyl adjacent to an activating group) is 1. The summed E-state index contributed by atoms with van der Waals surface area (Å²) in [5.41, 5.74) is 2.00. The van der Waals surface area contributed by atoms with Crippen molar-refractivity contribution >= 4 is 17.0 Å². The predicted octanol–water partition coefficient (Wildman–Crippen LogP) is 2.43. The van der Waals surface area contributed by atoms with E-state index in [1.807, 2.05) is 61.7 Å². The predicted molar refractivity (Wildman–Crippen MR) is 78.6 cm³/mol. The second-order valence-corrected chi connectivity index (χ2v) is 5.12. The van der Waals surface area contributed by atoms with Crippen molar-refractivity contribution in [1.29, 1.82) is 0 Å². The molecule has 5 heteroatoms. The molecule has 0 amide bonds. The molecule has 0 bridgehead atoms. The van der Waals surface area contributed by atoms with Crippen LogP contribution in [0.2, 0.25) is 0 Å². The fourth-order valence-corrected chi connectivity index (χ4v) is 2.63. The zero-order chi connectivity index (χ0) is 14.9. The minimum Gasteiger partial charge on any atom is -0.480 e. The standard InChI is InChI=1S/C15H21N3O2/c1-5-12(15(19)20)17(3)10(2)14-16-11-8-6-7-9-13(11)18(14)4/h6-10,12H,5H2,1-4H3,(H,19,20). The highest BCUT2D eigenvalue weighted by molar-refractivity contribution is 5.76. The Labute approximate surface area is 118 Å². The minimum absolute atomic E-state index is 0.0616. The minimum atomic E-state index is -0.791. The van der Waals surface area contributed by atoms with E-state index in [1.165, 1.54) is 0 Å². The van der Waals surface area contributed by atoms with E-state index < -0.39 is 12.0 Å². The lowest BCUT2D eigenvalue weighted by Crippen LogP contribution is -2.40. The van der Waals surface area contributed by atoms with Crippen LogP contribution >= 0.6 is 0 Å². The maximum absolute atomic E-state index is 11.3. The van der Waals surface area contributed by atoms with Crippen LogP contribution in [0.25, 0.3) is 11.0 Å². The fourth-order valence-electron chi connectivity index (χ4n) is 2.63. The number of carboxylic acids is 1. The van der Waals surface area contributed by atoms with Gasteiger partial charge in [0, 0.05) is 7.05 Å². The van der Waals surface area contributed by atoms with Crippen molar-refractivity contribution in [1.82, 2.24) is 14.5 Å². The van der Waals surface area contributed by atoms with Crippen molar-refractivity contribution in [3.05, 3.63) is 30.1 Å². The molecule has 108 valence electrons. The van der Waals surface area contributed by atoms with Crippen LogP contribution in [0.4, 0.5) is 0 Å². The first kappa shape index (κ1) is 14.5. The third-order valence-corrected chi connectivity index (χ3v) is 3.97. The number of benzene rings is 1. The topological polar surface area (TPSA) is 58.4 Å². The van der Waals surface area contributed by atoms with Gasteiger partial charge in [0.1, 0.15) is 11.9 Å². The van der Waals surface area contributed by atoms with Gasteiger partial charge < -0.3 is 9.67 Å². The highest BCUT2D eigenvalue weighted by Gasteiger charge is 2.27. The summed E-state index contributed by atoms with van der Waals surface area (Å²) in [6, 6.07) is 7.37. The van der Waals surface area contributed by atoms with E-state index in [2.05, 4.69) is 4.98 Å². The molecule has 0 fully saturated rings. The first-order valence-electron chi connectivity index (χ1n) is 6.83. The molecule has 0 aliphatic carbocycles. The number of imidazole rings is 1. The molecule has 2 aromatic rings. The van der Waals surface area contributed by atoms with Crippen LogP contribution in [0.5, 0.6) is 0 Å². The quantitative estimate of drug-likeness (QED) is 0.910. The molecule has 20 heavy (non-hydrogen) atoms. The summed E-state index contributed by atoms with van der Waals surface area (Å²) in [5, 5.41) is 9.28. The van der Waals surface area contributed by atoms with E-state index in [9.17, 15) is 9.90 Å². The summed E-state index contributed by atoms with van der Waals surface area (Å²) in [4.78, 5) is 17.8. The fraction of sp³-hybridized carbons (Fsp3) is 0.467. The van der Waals surface area contributed by atoms with Crippen LogP contribution in [0, 0.1) is 0 Å². The summed E-state index contributed by atoms with van der Waals surface area (Å²) < 4.78 is 2.03. The van der Waals surface area contributed by atoms with Crippen LogP contribution in [-0.2, 0) is 11.8 Å². The van der Waals surface area contributed by atoms with Gasteiger partial charge in [-0.2, -0.15) is 0 Å². The highest BCUT2D eigenvalue weighted by atomic mass is 16.4. The molecule has 2 unspecified atom stereocenters. The number of rotatable bonds is 5. The van der Waals surface area contributed by atoms with Crippen LogP contribution in [0.3, 0.4) is 0 Å². The molecule has 1 aromatic heterocycles. The molecule has 0 spiro atoms. The number of aliphatic carboxylic acids is 1. The van der Waals surface area contributed by atoms with Crippen LogP contribution in [-0.4, -0.2) is 38.6 Å². The molecule has 5 nitrogen and oxygen atoms in total. The number of fused-ring (bicyclic) bond motifs is 1. The SMILES string of the molecule is CCC(C(=O)O)N(C)C(C)c1nc2ccccc2n1C. The first-order chi connectivity index (χ1) is 9.47. The molecule has 2 rings (SSSR count). The van der Waals surface area contributed by atoms with E-state index >= 15 is 0 Å². The van der Waals surface area contributed by atoms with Crippen LogP contribution < -0.4 is 0 Å². The van der Waals surface area contributed by atoms with E-state index in [1.54, 1.807) is 0 Å². The smallest absolute Gasteiger partial charge is 0.320 e. The van der Waals surface area contributed by atoms with Gasteiger partial charge in [0.25, 0.3) is 0 Å². The Morgan fingerprint density at radius 2 is 2.10 bits per heavy atom. The Morgan fingerprint density at radius 1 is 1.45 bits per heavy atom. The molecule has 1 N–H and O–H groups in total. The van der Waals surface area contributed by atoms with Gasteiger partial charge in [0.15, 0.2) is 0 Å². The summed E-state index contributed by atoms with van der Waals surface area (Å²) in [5.74, 6) is 0.0917. The van der Waals surface area contributed by atoms with E-state index in [4.69, 9.17) is 0 Å². The molecule has 0 aliphatic rings. The van der Waals surface area contributed by atoms with Gasteiger partial charge in [-0.15, -0.1) is 0 Å². The highest BCUT2D eigenvalue weighted by Crippen LogP contribution is 2.24.